The molecular formula is C18H26N2O. The van der Waals surface area contributed by atoms with Gasteiger partial charge in [-0.3, -0.25) is 4.90 Å². The summed E-state index contributed by atoms with van der Waals surface area (Å²) >= 11 is 0. The number of fused-ring (bicyclic) bond motifs is 1. The van der Waals surface area contributed by atoms with E-state index in [1.54, 1.807) is 0 Å². The second kappa shape index (κ2) is 6.07. The van der Waals surface area contributed by atoms with Crippen LogP contribution in [0, 0.1) is 0 Å². The highest BCUT2D eigenvalue weighted by molar-refractivity contribution is 5.23. The minimum absolute atomic E-state index is 0.501. The molecule has 1 aromatic carbocycles. The molecule has 1 N–H and O–H groups in total. The van der Waals surface area contributed by atoms with E-state index in [1.165, 1.54) is 43.2 Å². The Bertz CT molecular complexity index is 469. The second-order valence-corrected chi connectivity index (χ2v) is 6.85. The summed E-state index contributed by atoms with van der Waals surface area (Å²) in [6.45, 7) is 4.10. The van der Waals surface area contributed by atoms with E-state index in [0.29, 0.717) is 12.1 Å². The monoisotopic (exact) mass is 286 g/mol. The highest BCUT2D eigenvalue weighted by Gasteiger charge is 2.35. The van der Waals surface area contributed by atoms with E-state index < -0.39 is 0 Å². The van der Waals surface area contributed by atoms with Gasteiger partial charge in [-0.05, 0) is 43.2 Å². The van der Waals surface area contributed by atoms with Gasteiger partial charge in [-0.1, -0.05) is 24.3 Å². The lowest BCUT2D eigenvalue weighted by Crippen LogP contribution is -2.47. The zero-order valence-corrected chi connectivity index (χ0v) is 12.8. The Morgan fingerprint density at radius 3 is 2.67 bits per heavy atom. The van der Waals surface area contributed by atoms with Crippen LogP contribution in [0.3, 0.4) is 0 Å². The van der Waals surface area contributed by atoms with Crippen LogP contribution in [0.25, 0.3) is 0 Å². The van der Waals surface area contributed by atoms with Crippen LogP contribution < -0.4 is 5.32 Å². The van der Waals surface area contributed by atoms with Crippen LogP contribution in [-0.4, -0.2) is 36.2 Å². The second-order valence-electron chi connectivity index (χ2n) is 6.85. The van der Waals surface area contributed by atoms with Gasteiger partial charge in [-0.2, -0.15) is 0 Å². The van der Waals surface area contributed by atoms with E-state index in [2.05, 4.69) is 34.5 Å². The van der Waals surface area contributed by atoms with Gasteiger partial charge in [0.2, 0.25) is 0 Å². The molecule has 1 aromatic rings. The maximum atomic E-state index is 5.90. The van der Waals surface area contributed by atoms with Crippen LogP contribution in [0.2, 0.25) is 0 Å². The molecule has 0 bridgehead atoms. The van der Waals surface area contributed by atoms with Crippen LogP contribution in [-0.2, 0) is 17.8 Å². The van der Waals surface area contributed by atoms with Gasteiger partial charge in [0.05, 0.1) is 12.7 Å². The summed E-state index contributed by atoms with van der Waals surface area (Å²) < 4.78 is 5.90. The van der Waals surface area contributed by atoms with Gasteiger partial charge >= 0.3 is 0 Å². The molecule has 2 atom stereocenters. The number of ether oxygens (including phenoxy) is 1. The first kappa shape index (κ1) is 13.7. The van der Waals surface area contributed by atoms with Crippen LogP contribution >= 0.6 is 0 Å². The van der Waals surface area contributed by atoms with Gasteiger partial charge < -0.3 is 10.1 Å². The van der Waals surface area contributed by atoms with Crippen molar-refractivity contribution in [3.05, 3.63) is 35.4 Å². The quantitative estimate of drug-likeness (QED) is 0.900. The molecule has 1 saturated heterocycles. The van der Waals surface area contributed by atoms with Gasteiger partial charge in [0.25, 0.3) is 0 Å². The molecule has 0 aromatic heterocycles. The Morgan fingerprint density at radius 2 is 1.86 bits per heavy atom. The molecule has 4 rings (SSSR count). The number of nitrogens with zero attached hydrogens (tertiary/aromatic N) is 1. The van der Waals surface area contributed by atoms with Crippen molar-refractivity contribution < 1.29 is 4.74 Å². The summed E-state index contributed by atoms with van der Waals surface area (Å²) in [5.74, 6) is 0. The van der Waals surface area contributed by atoms with Crippen molar-refractivity contribution >= 4 is 0 Å². The summed E-state index contributed by atoms with van der Waals surface area (Å²) in [4.78, 5) is 2.64. The lowest BCUT2D eigenvalue weighted by Gasteiger charge is -2.37. The Morgan fingerprint density at radius 1 is 1.05 bits per heavy atom. The molecule has 2 aliphatic carbocycles. The summed E-state index contributed by atoms with van der Waals surface area (Å²) in [7, 11) is 0. The van der Waals surface area contributed by atoms with Crippen LogP contribution in [0.5, 0.6) is 0 Å². The number of hydrogen-bond acceptors (Lipinski definition) is 3. The van der Waals surface area contributed by atoms with Crippen molar-refractivity contribution in [1.82, 2.24) is 10.2 Å². The largest absolute Gasteiger partial charge is 0.375 e. The van der Waals surface area contributed by atoms with E-state index in [0.717, 1.165) is 32.3 Å². The van der Waals surface area contributed by atoms with E-state index in [9.17, 15) is 0 Å². The van der Waals surface area contributed by atoms with E-state index >= 15 is 0 Å². The van der Waals surface area contributed by atoms with Crippen molar-refractivity contribution in [3.8, 4) is 0 Å². The molecule has 0 radical (unpaired) electrons. The Labute approximate surface area is 127 Å². The summed E-state index contributed by atoms with van der Waals surface area (Å²) in [6, 6.07) is 10.6. The molecule has 3 heteroatoms. The summed E-state index contributed by atoms with van der Waals surface area (Å²) in [5.41, 5.74) is 2.85. The first-order valence-corrected chi connectivity index (χ1v) is 8.55. The SMILES string of the molecule is c1cc(CN2CCOC3CCCC32)ccc1CNC1CC1. The minimum Gasteiger partial charge on any atom is -0.375 e. The van der Waals surface area contributed by atoms with Gasteiger partial charge in [0, 0.05) is 31.7 Å². The highest BCUT2D eigenvalue weighted by Crippen LogP contribution is 2.30. The maximum absolute atomic E-state index is 5.90. The highest BCUT2D eigenvalue weighted by atomic mass is 16.5. The number of rotatable bonds is 5. The molecule has 2 unspecified atom stereocenters. The van der Waals surface area contributed by atoms with Crippen LogP contribution in [0.4, 0.5) is 0 Å². The topological polar surface area (TPSA) is 24.5 Å². The molecule has 1 heterocycles. The number of nitrogens with one attached hydrogen (secondary N) is 1. The van der Waals surface area contributed by atoms with Gasteiger partial charge in [0.15, 0.2) is 0 Å². The fourth-order valence-corrected chi connectivity index (χ4v) is 3.75. The Balaban J connectivity index is 1.35. The molecule has 2 saturated carbocycles. The predicted molar refractivity (Wildman–Crippen MR) is 84.1 cm³/mol. The average molecular weight is 286 g/mol. The van der Waals surface area contributed by atoms with Crippen LogP contribution in [0.1, 0.15) is 43.2 Å². The average Bonchev–Trinajstić information content (AvgIpc) is 3.22. The lowest BCUT2D eigenvalue weighted by atomic mass is 10.1. The first-order chi connectivity index (χ1) is 10.4. The third-order valence-electron chi connectivity index (χ3n) is 5.18. The van der Waals surface area contributed by atoms with E-state index in [1.807, 2.05) is 0 Å². The minimum atomic E-state index is 0.501. The summed E-state index contributed by atoms with van der Waals surface area (Å²) in [5, 5.41) is 3.58. The fraction of sp³-hybridized carbons (Fsp3) is 0.667. The van der Waals surface area contributed by atoms with Crippen molar-refractivity contribution in [2.75, 3.05) is 13.2 Å². The van der Waals surface area contributed by atoms with E-state index in [-0.39, 0.29) is 0 Å². The first-order valence-electron chi connectivity index (χ1n) is 8.55. The summed E-state index contributed by atoms with van der Waals surface area (Å²) in [6.07, 6.45) is 7.12. The molecule has 21 heavy (non-hydrogen) atoms. The number of morpholine rings is 1. The lowest BCUT2D eigenvalue weighted by molar-refractivity contribution is -0.0588. The Hall–Kier alpha value is -0.900. The molecule has 0 spiro atoms. The number of hydrogen-bond donors (Lipinski definition) is 1. The van der Waals surface area contributed by atoms with Gasteiger partial charge in [0.1, 0.15) is 0 Å². The van der Waals surface area contributed by atoms with Crippen molar-refractivity contribution in [1.29, 1.82) is 0 Å². The molecule has 0 amide bonds. The van der Waals surface area contributed by atoms with Gasteiger partial charge in [-0.15, -0.1) is 0 Å². The standard InChI is InChI=1S/C18H26N2O/c1-2-17-18(3-1)21-11-10-20(17)13-15-6-4-14(5-7-15)12-19-16-8-9-16/h4-7,16-19H,1-3,8-13H2. The van der Waals surface area contributed by atoms with Crippen molar-refractivity contribution in [3.63, 3.8) is 0 Å². The maximum Gasteiger partial charge on any atom is 0.0731 e. The van der Waals surface area contributed by atoms with Crippen molar-refractivity contribution in [2.24, 2.45) is 0 Å². The predicted octanol–water partition coefficient (Wildman–Crippen LogP) is 2.69. The molecule has 3 fully saturated rings. The normalized spacial score (nSPS) is 29.5. The molecule has 114 valence electrons. The molecular weight excluding hydrogens is 260 g/mol. The smallest absolute Gasteiger partial charge is 0.0731 e. The fourth-order valence-electron chi connectivity index (χ4n) is 3.75. The van der Waals surface area contributed by atoms with Crippen LogP contribution in [0.15, 0.2) is 24.3 Å². The van der Waals surface area contributed by atoms with E-state index in [4.69, 9.17) is 4.74 Å². The molecule has 3 aliphatic rings. The van der Waals surface area contributed by atoms with Crippen molar-refractivity contribution in [2.45, 2.75) is 63.4 Å². The molecule has 3 nitrogen and oxygen atoms in total. The Kier molecular flexibility index (Phi) is 3.97. The van der Waals surface area contributed by atoms with Gasteiger partial charge in [-0.25, -0.2) is 0 Å². The zero-order valence-electron chi connectivity index (χ0n) is 12.8. The third-order valence-corrected chi connectivity index (χ3v) is 5.18. The zero-order chi connectivity index (χ0) is 14.1. The third kappa shape index (κ3) is 3.31. The number of benzene rings is 1. The molecule has 1 aliphatic heterocycles.